The molecule has 2 fully saturated rings. The number of β-lactam (4-membered cyclic amide) rings is 1. The fourth-order valence-corrected chi connectivity index (χ4v) is 6.78. The van der Waals surface area contributed by atoms with Gasteiger partial charge < -0.3 is 15.9 Å². The zero-order valence-corrected chi connectivity index (χ0v) is 14.8. The minimum atomic E-state index is -5.08. The number of nitrogens with zero attached hydrogens (tertiary/aromatic N) is 1. The molecule has 3 aliphatic heterocycles. The molecule has 25 heavy (non-hydrogen) atoms. The normalized spacial score (nSPS) is 26.6. The standard InChI is InChI=1S/C10H12N2O3S3.C2HF3O2/c11-5-7(13)12-6(9(14)15)4(3-18-8(5)12)10-16-1-2-17-10;3-2(4,5)1(6)7/h5,8,10H,1-3,11H2,(H,14,15);(H,6,7)/t5?,8-;/m0./s1. The van der Waals surface area contributed by atoms with Gasteiger partial charge in [0.1, 0.15) is 17.1 Å². The van der Waals surface area contributed by atoms with E-state index in [1.165, 1.54) is 4.90 Å². The average molecular weight is 418 g/mol. The molecule has 3 aliphatic rings. The number of carboxylic acids is 2. The van der Waals surface area contributed by atoms with Gasteiger partial charge in [-0.15, -0.1) is 35.3 Å². The van der Waals surface area contributed by atoms with Crippen LogP contribution in [0.5, 0.6) is 0 Å². The smallest absolute Gasteiger partial charge is 0.477 e. The van der Waals surface area contributed by atoms with Crippen molar-refractivity contribution in [3.8, 4) is 0 Å². The summed E-state index contributed by atoms with van der Waals surface area (Å²) in [5, 5.41) is 16.3. The Labute approximate surface area is 152 Å². The van der Waals surface area contributed by atoms with Gasteiger partial charge >= 0.3 is 18.1 Å². The number of carbonyl (C=O) groups excluding carboxylic acids is 1. The Morgan fingerprint density at radius 1 is 1.16 bits per heavy atom. The summed E-state index contributed by atoms with van der Waals surface area (Å²) < 4.78 is 31.9. The number of rotatable bonds is 2. The second kappa shape index (κ2) is 7.68. The van der Waals surface area contributed by atoms with Crippen LogP contribution in [0, 0.1) is 0 Å². The third kappa shape index (κ3) is 4.20. The van der Waals surface area contributed by atoms with Crippen molar-refractivity contribution in [2.24, 2.45) is 5.73 Å². The Bertz CT molecular complexity index is 622. The lowest BCUT2D eigenvalue weighted by atomic mass is 10.0. The van der Waals surface area contributed by atoms with E-state index in [1.54, 1.807) is 35.3 Å². The number of carbonyl (C=O) groups is 3. The fraction of sp³-hybridized carbons (Fsp3) is 0.583. The monoisotopic (exact) mass is 418 g/mol. The minimum Gasteiger partial charge on any atom is -0.477 e. The molecular weight excluding hydrogens is 405 g/mol. The quantitative estimate of drug-likeness (QED) is 0.564. The number of alkyl halides is 3. The third-order valence-corrected chi connectivity index (χ3v) is 7.84. The maximum atomic E-state index is 11.7. The Morgan fingerprint density at radius 2 is 1.68 bits per heavy atom. The highest BCUT2D eigenvalue weighted by Crippen LogP contribution is 2.46. The molecule has 2 atom stereocenters. The van der Waals surface area contributed by atoms with Gasteiger partial charge in [-0.3, -0.25) is 9.69 Å². The molecule has 0 radical (unpaired) electrons. The maximum absolute atomic E-state index is 11.7. The van der Waals surface area contributed by atoms with E-state index in [4.69, 9.17) is 15.6 Å². The van der Waals surface area contributed by atoms with Crippen molar-refractivity contribution in [3.63, 3.8) is 0 Å². The Hall–Kier alpha value is -1.05. The molecule has 0 bridgehead atoms. The van der Waals surface area contributed by atoms with Crippen molar-refractivity contribution < 1.29 is 37.8 Å². The lowest BCUT2D eigenvalue weighted by Crippen LogP contribution is -2.68. The van der Waals surface area contributed by atoms with E-state index < -0.39 is 24.2 Å². The Kier molecular flexibility index (Phi) is 6.22. The molecule has 2 saturated heterocycles. The van der Waals surface area contributed by atoms with E-state index in [-0.39, 0.29) is 21.6 Å². The number of carboxylic acid groups (broad SMARTS) is 2. The predicted molar refractivity (Wildman–Crippen MR) is 88.1 cm³/mol. The van der Waals surface area contributed by atoms with Crippen LogP contribution in [0.1, 0.15) is 0 Å². The summed E-state index contributed by atoms with van der Waals surface area (Å²) in [4.78, 5) is 33.5. The number of thioether (sulfide) groups is 3. The van der Waals surface area contributed by atoms with E-state index in [9.17, 15) is 27.9 Å². The van der Waals surface area contributed by atoms with Crippen molar-refractivity contribution in [1.29, 1.82) is 0 Å². The first-order valence-corrected chi connectivity index (χ1v) is 9.90. The van der Waals surface area contributed by atoms with Crippen molar-refractivity contribution >= 4 is 53.1 Å². The molecule has 1 amide bonds. The molecule has 7 nitrogen and oxygen atoms in total. The van der Waals surface area contributed by atoms with E-state index in [1.807, 2.05) is 0 Å². The van der Waals surface area contributed by atoms with Crippen molar-refractivity contribution in [2.75, 3.05) is 17.3 Å². The number of fused-ring (bicyclic) bond motifs is 1. The summed E-state index contributed by atoms with van der Waals surface area (Å²) in [5.41, 5.74) is 6.75. The van der Waals surface area contributed by atoms with Gasteiger partial charge in [-0.05, 0) is 5.57 Å². The molecule has 3 heterocycles. The number of hydrogen-bond donors (Lipinski definition) is 3. The molecule has 0 saturated carbocycles. The topological polar surface area (TPSA) is 121 Å². The lowest BCUT2D eigenvalue weighted by molar-refractivity contribution is -0.192. The van der Waals surface area contributed by atoms with Gasteiger partial charge in [0.25, 0.3) is 0 Å². The molecular formula is C12H13F3N2O5S3. The number of nitrogens with two attached hydrogens (primary N) is 1. The first-order valence-electron chi connectivity index (χ1n) is 6.75. The summed E-state index contributed by atoms with van der Waals surface area (Å²) >= 11 is 5.09. The molecule has 140 valence electrons. The van der Waals surface area contributed by atoms with Crippen molar-refractivity contribution in [3.05, 3.63) is 11.3 Å². The van der Waals surface area contributed by atoms with Gasteiger partial charge in [0.2, 0.25) is 5.91 Å². The number of amides is 1. The van der Waals surface area contributed by atoms with Gasteiger partial charge in [-0.2, -0.15) is 13.2 Å². The summed E-state index contributed by atoms with van der Waals surface area (Å²) in [6, 6.07) is -0.546. The van der Waals surface area contributed by atoms with Gasteiger partial charge in [0, 0.05) is 17.3 Å². The van der Waals surface area contributed by atoms with E-state index in [2.05, 4.69) is 0 Å². The van der Waals surface area contributed by atoms with Crippen LogP contribution < -0.4 is 5.73 Å². The van der Waals surface area contributed by atoms with Crippen LogP contribution in [0.3, 0.4) is 0 Å². The molecule has 13 heteroatoms. The van der Waals surface area contributed by atoms with Crippen LogP contribution in [-0.2, 0) is 14.4 Å². The Balaban J connectivity index is 0.000000277. The molecule has 0 spiro atoms. The van der Waals surface area contributed by atoms with Crippen LogP contribution >= 0.6 is 35.3 Å². The minimum absolute atomic E-state index is 0.175. The SMILES string of the molecule is NC1C(=O)N2C(C(=O)O)=C(C3SCCS3)CS[C@@H]12.O=C(O)C(F)(F)F. The van der Waals surface area contributed by atoms with Crippen LogP contribution in [-0.4, -0.2) is 72.4 Å². The fourth-order valence-electron chi connectivity index (χ4n) is 2.28. The number of hydrogen-bond acceptors (Lipinski definition) is 7. The summed E-state index contributed by atoms with van der Waals surface area (Å²) in [6.07, 6.45) is -5.08. The zero-order chi connectivity index (χ0) is 18.9. The molecule has 0 aromatic heterocycles. The number of halogens is 3. The summed E-state index contributed by atoms with van der Waals surface area (Å²) in [5.74, 6) is -1.30. The van der Waals surface area contributed by atoms with Gasteiger partial charge in [-0.1, -0.05) is 0 Å². The largest absolute Gasteiger partial charge is 0.490 e. The van der Waals surface area contributed by atoms with E-state index >= 15 is 0 Å². The highest BCUT2D eigenvalue weighted by molar-refractivity contribution is 8.20. The van der Waals surface area contributed by atoms with Crippen LogP contribution in [0.2, 0.25) is 0 Å². The number of aliphatic carboxylic acids is 2. The molecule has 0 aromatic carbocycles. The van der Waals surface area contributed by atoms with Crippen molar-refractivity contribution in [1.82, 2.24) is 4.90 Å². The van der Waals surface area contributed by atoms with Gasteiger partial charge in [-0.25, -0.2) is 9.59 Å². The van der Waals surface area contributed by atoms with Crippen LogP contribution in [0.15, 0.2) is 11.3 Å². The van der Waals surface area contributed by atoms with Gasteiger partial charge in [0.15, 0.2) is 0 Å². The third-order valence-electron chi connectivity index (χ3n) is 3.39. The first kappa shape index (κ1) is 20.3. The van der Waals surface area contributed by atoms with Crippen LogP contribution in [0.25, 0.3) is 0 Å². The van der Waals surface area contributed by atoms with Gasteiger partial charge in [0.05, 0.1) is 4.58 Å². The van der Waals surface area contributed by atoms with Crippen molar-refractivity contribution in [2.45, 2.75) is 22.2 Å². The summed E-state index contributed by atoms with van der Waals surface area (Å²) in [7, 11) is 0. The highest BCUT2D eigenvalue weighted by atomic mass is 32.2. The molecule has 0 aromatic rings. The van der Waals surface area contributed by atoms with E-state index in [0.717, 1.165) is 17.1 Å². The maximum Gasteiger partial charge on any atom is 0.490 e. The first-order chi connectivity index (χ1) is 11.6. The zero-order valence-electron chi connectivity index (χ0n) is 12.4. The average Bonchev–Trinajstić information content (AvgIpc) is 3.06. The molecule has 3 rings (SSSR count). The lowest BCUT2D eigenvalue weighted by Gasteiger charge is -2.48. The highest BCUT2D eigenvalue weighted by Gasteiger charge is 2.52. The second-order valence-corrected chi connectivity index (χ2v) is 8.82. The molecule has 0 aliphatic carbocycles. The predicted octanol–water partition coefficient (Wildman–Crippen LogP) is 1.01. The Morgan fingerprint density at radius 3 is 2.12 bits per heavy atom. The molecule has 1 unspecified atom stereocenters. The van der Waals surface area contributed by atoms with Crippen LogP contribution in [0.4, 0.5) is 13.2 Å². The summed E-state index contributed by atoms with van der Waals surface area (Å²) in [6.45, 7) is 0. The van der Waals surface area contributed by atoms with E-state index in [0.29, 0.717) is 5.75 Å². The molecule has 4 N–H and O–H groups in total. The second-order valence-electron chi connectivity index (χ2n) is 4.99.